The van der Waals surface area contributed by atoms with Crippen LogP contribution in [0.4, 0.5) is 11.4 Å². The number of anilines is 1. The third kappa shape index (κ3) is 3.90. The third-order valence-corrected chi connectivity index (χ3v) is 6.65. The Morgan fingerprint density at radius 3 is 2.68 bits per heavy atom. The monoisotopic (exact) mass is 458 g/mol. The Bertz CT molecular complexity index is 1260. The first-order chi connectivity index (χ1) is 16.5. The standard InChI is InChI=1S/C26H26N4O4/c1-34-26(33)19-11-10-17(23-22(19)18-4-2-3-5-20(18)30-23)14-12-21(24(25(27)32)28-13-14)29-15-6-8-16(31)9-7-15/h2-5,10-13,15-17,29,31H,6-9H2,1H3,(H2,27,32). The van der Waals surface area contributed by atoms with E-state index >= 15 is 0 Å². The molecule has 1 fully saturated rings. The molecule has 4 N–H and O–H groups in total. The Hall–Kier alpha value is -3.78. The van der Waals surface area contributed by atoms with E-state index in [2.05, 4.69) is 10.3 Å². The van der Waals surface area contributed by atoms with Crippen molar-refractivity contribution in [1.82, 2.24) is 4.98 Å². The number of carbonyl (C=O) groups excluding carboxylic acids is 2. The maximum atomic E-state index is 12.5. The Kier molecular flexibility index (Phi) is 5.75. The number of aromatic nitrogens is 1. The largest absolute Gasteiger partial charge is 0.465 e. The molecule has 1 saturated carbocycles. The summed E-state index contributed by atoms with van der Waals surface area (Å²) in [5, 5.41) is 13.2. The van der Waals surface area contributed by atoms with E-state index in [1.54, 1.807) is 12.3 Å². The van der Waals surface area contributed by atoms with Crippen LogP contribution in [0.25, 0.3) is 5.57 Å². The highest BCUT2D eigenvalue weighted by Crippen LogP contribution is 2.44. The molecular weight excluding hydrogens is 432 g/mol. The van der Waals surface area contributed by atoms with E-state index in [4.69, 9.17) is 15.5 Å². The van der Waals surface area contributed by atoms with Crippen LogP contribution in [0.15, 0.2) is 59.2 Å². The second-order valence-electron chi connectivity index (χ2n) is 8.81. The third-order valence-electron chi connectivity index (χ3n) is 6.65. The minimum atomic E-state index is -0.608. The zero-order valence-corrected chi connectivity index (χ0v) is 18.8. The number of primary amides is 1. The van der Waals surface area contributed by atoms with Gasteiger partial charge in [-0.25, -0.2) is 9.78 Å². The van der Waals surface area contributed by atoms with Crippen molar-refractivity contribution in [1.29, 1.82) is 0 Å². The molecule has 2 heterocycles. The molecule has 1 unspecified atom stereocenters. The smallest absolute Gasteiger partial charge is 0.338 e. The summed E-state index contributed by atoms with van der Waals surface area (Å²) < 4.78 is 5.01. The first kappa shape index (κ1) is 22.0. The van der Waals surface area contributed by atoms with Gasteiger partial charge < -0.3 is 20.9 Å². The number of nitrogens with two attached hydrogens (primary N) is 1. The number of allylic oxidation sites excluding steroid dienone is 2. The quantitative estimate of drug-likeness (QED) is 0.590. The van der Waals surface area contributed by atoms with Gasteiger partial charge in [-0.1, -0.05) is 24.3 Å². The normalized spacial score (nSPS) is 23.1. The molecule has 1 aliphatic heterocycles. The lowest BCUT2D eigenvalue weighted by atomic mass is 9.82. The van der Waals surface area contributed by atoms with Crippen LogP contribution in [0.5, 0.6) is 0 Å². The Labute approximate surface area is 197 Å². The number of hydrogen-bond acceptors (Lipinski definition) is 7. The van der Waals surface area contributed by atoms with Crippen molar-refractivity contribution in [3.05, 3.63) is 71.1 Å². The highest BCUT2D eigenvalue weighted by Gasteiger charge is 2.35. The van der Waals surface area contributed by atoms with Crippen molar-refractivity contribution in [2.24, 2.45) is 10.7 Å². The summed E-state index contributed by atoms with van der Waals surface area (Å²) in [5.41, 5.74) is 10.8. The van der Waals surface area contributed by atoms with Crippen LogP contribution in [0.2, 0.25) is 0 Å². The van der Waals surface area contributed by atoms with E-state index in [-0.39, 0.29) is 23.8 Å². The molecule has 2 aromatic rings. The number of fused-ring (bicyclic) bond motifs is 3. The topological polar surface area (TPSA) is 127 Å². The van der Waals surface area contributed by atoms with Crippen LogP contribution in [-0.4, -0.2) is 46.9 Å². The van der Waals surface area contributed by atoms with Gasteiger partial charge in [-0.3, -0.25) is 9.79 Å². The molecule has 1 aromatic carbocycles. The van der Waals surface area contributed by atoms with E-state index < -0.39 is 11.9 Å². The van der Waals surface area contributed by atoms with Crippen molar-refractivity contribution >= 4 is 34.5 Å². The molecule has 34 heavy (non-hydrogen) atoms. The lowest BCUT2D eigenvalue weighted by molar-refractivity contribution is -0.135. The minimum absolute atomic E-state index is 0.120. The number of methoxy groups -OCH3 is 1. The van der Waals surface area contributed by atoms with Crippen molar-refractivity contribution in [3.8, 4) is 0 Å². The van der Waals surface area contributed by atoms with E-state index in [0.29, 0.717) is 24.1 Å². The van der Waals surface area contributed by atoms with Gasteiger partial charge in [-0.15, -0.1) is 0 Å². The van der Waals surface area contributed by atoms with Gasteiger partial charge in [0.05, 0.1) is 35.9 Å². The average molecular weight is 459 g/mol. The molecule has 3 aliphatic rings. The first-order valence-electron chi connectivity index (χ1n) is 11.4. The SMILES string of the molecule is COC(=O)C1=C2C(=Nc3ccccc32)C(c2cnc(C(N)=O)c(NC3CCC(O)CC3)c2)C=C1. The number of aliphatic hydroxyl groups is 1. The molecule has 0 radical (unpaired) electrons. The molecule has 1 amide bonds. The number of rotatable bonds is 5. The molecule has 8 heteroatoms. The second-order valence-corrected chi connectivity index (χ2v) is 8.81. The van der Waals surface area contributed by atoms with Gasteiger partial charge in [-0.05, 0) is 49.5 Å². The van der Waals surface area contributed by atoms with Gasteiger partial charge in [0.2, 0.25) is 0 Å². The number of benzene rings is 1. The lowest BCUT2D eigenvalue weighted by Crippen LogP contribution is -2.30. The fourth-order valence-corrected chi connectivity index (χ4v) is 4.93. The Morgan fingerprint density at radius 2 is 1.94 bits per heavy atom. The summed E-state index contributed by atoms with van der Waals surface area (Å²) >= 11 is 0. The maximum absolute atomic E-state index is 12.5. The Balaban J connectivity index is 1.53. The van der Waals surface area contributed by atoms with E-state index in [1.807, 2.05) is 36.4 Å². The van der Waals surface area contributed by atoms with Crippen LogP contribution in [-0.2, 0) is 9.53 Å². The number of para-hydroxylation sites is 1. The minimum Gasteiger partial charge on any atom is -0.465 e. The zero-order valence-electron chi connectivity index (χ0n) is 18.8. The van der Waals surface area contributed by atoms with Crippen molar-refractivity contribution in [2.45, 2.75) is 43.7 Å². The fourth-order valence-electron chi connectivity index (χ4n) is 4.93. The lowest BCUT2D eigenvalue weighted by Gasteiger charge is -2.28. The molecule has 0 saturated heterocycles. The predicted octanol–water partition coefficient (Wildman–Crippen LogP) is 3.26. The molecule has 174 valence electrons. The van der Waals surface area contributed by atoms with E-state index in [1.165, 1.54) is 7.11 Å². The molecule has 0 spiro atoms. The van der Waals surface area contributed by atoms with Gasteiger partial charge in [-0.2, -0.15) is 0 Å². The number of ether oxygens (including phenoxy) is 1. The van der Waals surface area contributed by atoms with Crippen LogP contribution in [0, 0.1) is 0 Å². The number of carbonyl (C=O) groups is 2. The summed E-state index contributed by atoms with van der Waals surface area (Å²) in [7, 11) is 1.36. The highest BCUT2D eigenvalue weighted by molar-refractivity contribution is 6.36. The predicted molar refractivity (Wildman–Crippen MR) is 129 cm³/mol. The molecule has 2 aliphatic carbocycles. The van der Waals surface area contributed by atoms with Gasteiger partial charge in [0.25, 0.3) is 5.91 Å². The van der Waals surface area contributed by atoms with Crippen LogP contribution >= 0.6 is 0 Å². The second kappa shape index (κ2) is 8.87. The number of pyridine rings is 1. The van der Waals surface area contributed by atoms with Crippen molar-refractivity contribution in [2.75, 3.05) is 12.4 Å². The number of esters is 1. The molecule has 1 aromatic heterocycles. The summed E-state index contributed by atoms with van der Waals surface area (Å²) in [6.45, 7) is 0. The number of amides is 1. The Morgan fingerprint density at radius 1 is 1.18 bits per heavy atom. The highest BCUT2D eigenvalue weighted by atomic mass is 16.5. The molecule has 1 atom stereocenters. The van der Waals surface area contributed by atoms with E-state index in [0.717, 1.165) is 40.9 Å². The molecule has 5 rings (SSSR count). The van der Waals surface area contributed by atoms with Gasteiger partial charge in [0.15, 0.2) is 5.69 Å². The van der Waals surface area contributed by atoms with Gasteiger partial charge >= 0.3 is 5.97 Å². The maximum Gasteiger partial charge on any atom is 0.338 e. The summed E-state index contributed by atoms with van der Waals surface area (Å²) in [6, 6.07) is 9.69. The number of nitrogens with one attached hydrogen (secondary N) is 1. The summed E-state index contributed by atoms with van der Waals surface area (Å²) in [4.78, 5) is 33.8. The summed E-state index contributed by atoms with van der Waals surface area (Å²) in [5.74, 6) is -1.29. The van der Waals surface area contributed by atoms with Gasteiger partial charge in [0, 0.05) is 29.3 Å². The number of nitrogens with zero attached hydrogens (tertiary/aromatic N) is 2. The molecular formula is C26H26N4O4. The van der Waals surface area contributed by atoms with Crippen molar-refractivity contribution < 1.29 is 19.4 Å². The zero-order chi connectivity index (χ0) is 23.8. The fraction of sp³-hybridized carbons (Fsp3) is 0.308. The summed E-state index contributed by atoms with van der Waals surface area (Å²) in [6.07, 6.45) is 8.04. The van der Waals surface area contributed by atoms with Gasteiger partial charge in [0.1, 0.15) is 0 Å². The van der Waals surface area contributed by atoms with Crippen LogP contribution < -0.4 is 11.1 Å². The van der Waals surface area contributed by atoms with E-state index in [9.17, 15) is 14.7 Å². The van der Waals surface area contributed by atoms with Crippen molar-refractivity contribution in [3.63, 3.8) is 0 Å². The van der Waals surface area contributed by atoms with Crippen LogP contribution in [0.1, 0.15) is 53.2 Å². The van der Waals surface area contributed by atoms with Crippen LogP contribution in [0.3, 0.4) is 0 Å². The number of aliphatic hydroxyl groups excluding tert-OH is 1. The number of hydrogen-bond donors (Lipinski definition) is 3. The molecule has 8 nitrogen and oxygen atoms in total. The molecule has 0 bridgehead atoms. The average Bonchev–Trinajstić information content (AvgIpc) is 3.24. The first-order valence-corrected chi connectivity index (χ1v) is 11.4. The number of aliphatic imine (C=N–C) groups is 1.